The summed E-state index contributed by atoms with van der Waals surface area (Å²) in [5.74, 6) is 2.78. The van der Waals surface area contributed by atoms with Crippen molar-refractivity contribution in [3.8, 4) is 0 Å². The van der Waals surface area contributed by atoms with Crippen LogP contribution < -0.4 is 5.32 Å². The van der Waals surface area contributed by atoms with Crippen LogP contribution in [0, 0.1) is 0 Å². The molecule has 2 aliphatic rings. The van der Waals surface area contributed by atoms with Gasteiger partial charge in [-0.2, -0.15) is 4.98 Å². The van der Waals surface area contributed by atoms with Crippen molar-refractivity contribution < 1.29 is 4.52 Å². The smallest absolute Gasteiger partial charge is 0.231 e. The fraction of sp³-hybridized carbons (Fsp3) is 0.467. The van der Waals surface area contributed by atoms with Gasteiger partial charge in [0.2, 0.25) is 5.89 Å². The van der Waals surface area contributed by atoms with Gasteiger partial charge in [0.05, 0.1) is 11.7 Å². The van der Waals surface area contributed by atoms with E-state index in [0.29, 0.717) is 18.0 Å². The molecule has 6 heteroatoms. The second-order valence-electron chi connectivity index (χ2n) is 5.68. The monoisotopic (exact) mass is 365 g/mol. The molecule has 110 valence electrons. The van der Waals surface area contributed by atoms with Crippen molar-refractivity contribution in [1.29, 1.82) is 0 Å². The highest BCUT2D eigenvalue weighted by Crippen LogP contribution is 2.39. The Balaban J connectivity index is 1.39. The first-order valence-electron chi connectivity index (χ1n) is 7.25. The highest BCUT2D eigenvalue weighted by Gasteiger charge is 2.42. The van der Waals surface area contributed by atoms with E-state index < -0.39 is 0 Å². The molecule has 0 spiro atoms. The van der Waals surface area contributed by atoms with Crippen molar-refractivity contribution in [2.75, 3.05) is 0 Å². The molecule has 4 rings (SSSR count). The Hall–Kier alpha value is -0.850. The Morgan fingerprint density at radius 3 is 2.86 bits per heavy atom. The van der Waals surface area contributed by atoms with Crippen LogP contribution in [0.25, 0.3) is 0 Å². The minimum atomic E-state index is 0.419. The molecular weight excluding hydrogens is 350 g/mol. The average molecular weight is 366 g/mol. The van der Waals surface area contributed by atoms with Crippen LogP contribution in [0.2, 0.25) is 0 Å². The van der Waals surface area contributed by atoms with E-state index in [1.54, 1.807) is 11.8 Å². The molecule has 2 fully saturated rings. The van der Waals surface area contributed by atoms with Gasteiger partial charge in [0, 0.05) is 21.5 Å². The predicted octanol–water partition coefficient (Wildman–Crippen LogP) is 3.73. The molecule has 3 heterocycles. The second kappa shape index (κ2) is 5.74. The van der Waals surface area contributed by atoms with E-state index in [2.05, 4.69) is 43.5 Å². The van der Waals surface area contributed by atoms with Crippen molar-refractivity contribution in [3.63, 3.8) is 0 Å². The number of hydrogen-bond acceptors (Lipinski definition) is 5. The molecule has 3 atom stereocenters. The number of thioether (sulfide) groups is 1. The third-order valence-electron chi connectivity index (χ3n) is 4.28. The van der Waals surface area contributed by atoms with E-state index in [9.17, 15) is 0 Å². The number of halogens is 1. The predicted molar refractivity (Wildman–Crippen MR) is 85.3 cm³/mol. The van der Waals surface area contributed by atoms with E-state index in [4.69, 9.17) is 4.52 Å². The Kier molecular flexibility index (Phi) is 3.77. The normalized spacial score (nSPS) is 27.4. The first kappa shape index (κ1) is 13.8. The zero-order valence-electron chi connectivity index (χ0n) is 11.5. The van der Waals surface area contributed by atoms with Crippen LogP contribution in [-0.2, 0) is 5.75 Å². The lowest BCUT2D eigenvalue weighted by atomic mass is 9.89. The molecule has 1 N–H and O–H groups in total. The fourth-order valence-electron chi connectivity index (χ4n) is 3.25. The molecular formula is C15H16BrN3OS. The summed E-state index contributed by atoms with van der Waals surface area (Å²) in [6, 6.07) is 9.48. The van der Waals surface area contributed by atoms with Crippen LogP contribution in [0.5, 0.6) is 0 Å². The zero-order chi connectivity index (χ0) is 14.2. The highest BCUT2D eigenvalue weighted by molar-refractivity contribution is 9.10. The van der Waals surface area contributed by atoms with E-state index in [0.717, 1.165) is 28.4 Å². The molecule has 2 aliphatic heterocycles. The Morgan fingerprint density at radius 2 is 2.14 bits per heavy atom. The maximum atomic E-state index is 5.49. The van der Waals surface area contributed by atoms with Crippen LogP contribution in [0.1, 0.15) is 36.9 Å². The quantitative estimate of drug-likeness (QED) is 0.836. The van der Waals surface area contributed by atoms with Crippen LogP contribution in [0.15, 0.2) is 38.2 Å². The van der Waals surface area contributed by atoms with Crippen LogP contribution in [-0.4, -0.2) is 22.2 Å². The van der Waals surface area contributed by atoms with Gasteiger partial charge in [-0.15, -0.1) is 11.8 Å². The van der Waals surface area contributed by atoms with Crippen LogP contribution in [0.3, 0.4) is 0 Å². The molecule has 3 unspecified atom stereocenters. The average Bonchev–Trinajstić information content (AvgIpc) is 3.22. The summed E-state index contributed by atoms with van der Waals surface area (Å²) in [7, 11) is 0. The summed E-state index contributed by atoms with van der Waals surface area (Å²) < 4.78 is 6.58. The van der Waals surface area contributed by atoms with Crippen molar-refractivity contribution in [2.45, 2.75) is 47.9 Å². The van der Waals surface area contributed by atoms with Gasteiger partial charge in [-0.05, 0) is 43.5 Å². The van der Waals surface area contributed by atoms with E-state index in [1.807, 2.05) is 12.1 Å². The van der Waals surface area contributed by atoms with Crippen molar-refractivity contribution in [1.82, 2.24) is 15.5 Å². The third-order valence-corrected chi connectivity index (χ3v) is 5.82. The standard InChI is InChI=1S/C15H16BrN3OS/c16-9-1-4-11(5-2-9)21-8-14-18-15(20-19-14)12-7-10-3-6-13(12)17-10/h1-2,4-5,10,12-13,17H,3,6-8H2. The lowest BCUT2D eigenvalue weighted by Crippen LogP contribution is -2.21. The highest BCUT2D eigenvalue weighted by atomic mass is 79.9. The van der Waals surface area contributed by atoms with Gasteiger partial charge < -0.3 is 9.84 Å². The minimum absolute atomic E-state index is 0.419. The summed E-state index contributed by atoms with van der Waals surface area (Å²) in [6.45, 7) is 0. The van der Waals surface area contributed by atoms with Gasteiger partial charge in [0.1, 0.15) is 0 Å². The number of aromatic nitrogens is 2. The second-order valence-corrected chi connectivity index (χ2v) is 7.65. The summed E-state index contributed by atoms with van der Waals surface area (Å²) in [6.07, 6.45) is 3.68. The van der Waals surface area contributed by atoms with Crippen LogP contribution >= 0.6 is 27.7 Å². The topological polar surface area (TPSA) is 51.0 Å². The first-order chi connectivity index (χ1) is 10.3. The molecule has 2 saturated heterocycles. The zero-order valence-corrected chi connectivity index (χ0v) is 13.9. The van der Waals surface area contributed by atoms with Gasteiger partial charge >= 0.3 is 0 Å². The maximum absolute atomic E-state index is 5.49. The molecule has 1 aromatic carbocycles. The summed E-state index contributed by atoms with van der Waals surface area (Å²) in [5, 5.41) is 7.74. The molecule has 0 aliphatic carbocycles. The third kappa shape index (κ3) is 2.89. The van der Waals surface area contributed by atoms with Gasteiger partial charge in [0.15, 0.2) is 5.82 Å². The SMILES string of the molecule is Brc1ccc(SCc2noc(C3CC4CCC3N4)n2)cc1. The number of nitrogens with zero attached hydrogens (tertiary/aromatic N) is 2. The van der Waals surface area contributed by atoms with Gasteiger partial charge in [-0.25, -0.2) is 0 Å². The van der Waals surface area contributed by atoms with Crippen molar-refractivity contribution >= 4 is 27.7 Å². The van der Waals surface area contributed by atoms with Gasteiger partial charge in [-0.1, -0.05) is 21.1 Å². The van der Waals surface area contributed by atoms with E-state index >= 15 is 0 Å². The largest absolute Gasteiger partial charge is 0.339 e. The van der Waals surface area contributed by atoms with Crippen LogP contribution in [0.4, 0.5) is 0 Å². The van der Waals surface area contributed by atoms with E-state index in [1.165, 1.54) is 17.7 Å². The summed E-state index contributed by atoms with van der Waals surface area (Å²) in [5.41, 5.74) is 0. The molecule has 1 aromatic heterocycles. The summed E-state index contributed by atoms with van der Waals surface area (Å²) in [4.78, 5) is 5.81. The lowest BCUT2D eigenvalue weighted by molar-refractivity contribution is 0.327. The Morgan fingerprint density at radius 1 is 1.29 bits per heavy atom. The minimum Gasteiger partial charge on any atom is -0.339 e. The van der Waals surface area contributed by atoms with Crippen molar-refractivity contribution in [2.24, 2.45) is 0 Å². The number of fused-ring (bicyclic) bond motifs is 2. The maximum Gasteiger partial charge on any atom is 0.231 e. The fourth-order valence-corrected chi connectivity index (χ4v) is 4.26. The van der Waals surface area contributed by atoms with E-state index in [-0.39, 0.29) is 0 Å². The molecule has 2 bridgehead atoms. The van der Waals surface area contributed by atoms with Crippen molar-refractivity contribution in [3.05, 3.63) is 40.5 Å². The Bertz CT molecular complexity index is 630. The molecule has 4 nitrogen and oxygen atoms in total. The lowest BCUT2D eigenvalue weighted by Gasteiger charge is -2.15. The van der Waals surface area contributed by atoms with Gasteiger partial charge in [0.25, 0.3) is 0 Å². The molecule has 0 amide bonds. The summed E-state index contributed by atoms with van der Waals surface area (Å²) >= 11 is 5.18. The molecule has 2 aromatic rings. The molecule has 21 heavy (non-hydrogen) atoms. The first-order valence-corrected chi connectivity index (χ1v) is 9.03. The molecule has 0 radical (unpaired) electrons. The number of nitrogens with one attached hydrogen (secondary N) is 1. The number of hydrogen-bond donors (Lipinski definition) is 1. The Labute approximate surface area is 136 Å². The van der Waals surface area contributed by atoms with Gasteiger partial charge in [-0.3, -0.25) is 0 Å². The number of benzene rings is 1. The number of rotatable bonds is 4. The molecule has 0 saturated carbocycles.